The number of ether oxygens (including phenoxy) is 1. The molecule has 0 bridgehead atoms. The zero-order valence-electron chi connectivity index (χ0n) is 18.0. The first kappa shape index (κ1) is 23.1. The van der Waals surface area contributed by atoms with Gasteiger partial charge in [0.2, 0.25) is 10.0 Å². The second kappa shape index (κ2) is 9.69. The molecule has 168 valence electrons. The highest BCUT2D eigenvalue weighted by atomic mass is 32.2. The monoisotopic (exact) mass is 455 g/mol. The maximum Gasteiger partial charge on any atom is 0.263 e. The Hall–Kier alpha value is -3.59. The number of sulfonamides is 1. The summed E-state index contributed by atoms with van der Waals surface area (Å²) in [6.45, 7) is 3.80. The van der Waals surface area contributed by atoms with E-state index in [9.17, 15) is 18.3 Å². The normalized spacial score (nSPS) is 12.6. The van der Waals surface area contributed by atoms with Crippen LogP contribution in [-0.2, 0) is 14.8 Å². The minimum Gasteiger partial charge on any atom is -0.507 e. The molecule has 3 aromatic rings. The molecule has 0 unspecified atom stereocenters. The fourth-order valence-electron chi connectivity index (χ4n) is 3.34. The maximum absolute atomic E-state index is 12.7. The Morgan fingerprint density at radius 1 is 1.16 bits per heavy atom. The van der Waals surface area contributed by atoms with Gasteiger partial charge in [-0.2, -0.15) is 5.10 Å². The van der Waals surface area contributed by atoms with Crippen LogP contribution >= 0.6 is 0 Å². The highest BCUT2D eigenvalue weighted by molar-refractivity contribution is 7.92. The molecular formula is C23H25N3O5S. The largest absolute Gasteiger partial charge is 0.507 e. The van der Waals surface area contributed by atoms with Gasteiger partial charge < -0.3 is 9.84 Å². The number of anilines is 1. The maximum atomic E-state index is 12.7. The van der Waals surface area contributed by atoms with Gasteiger partial charge in [0.1, 0.15) is 17.5 Å². The van der Waals surface area contributed by atoms with Gasteiger partial charge in [0.05, 0.1) is 24.8 Å². The minimum atomic E-state index is -3.76. The third-order valence-electron chi connectivity index (χ3n) is 4.81. The lowest BCUT2D eigenvalue weighted by atomic mass is 10.0. The van der Waals surface area contributed by atoms with Crippen molar-refractivity contribution < 1.29 is 23.1 Å². The SMILES string of the molecule is CCOc1ccc(N([C@@H](C)C(=O)N/N=C\c2c(O)ccc3ccccc23)S(C)(=O)=O)cc1. The average Bonchev–Trinajstić information content (AvgIpc) is 2.75. The Kier molecular flexibility index (Phi) is 6.99. The van der Waals surface area contributed by atoms with Crippen LogP contribution in [0.1, 0.15) is 19.4 Å². The number of benzene rings is 3. The summed E-state index contributed by atoms with van der Waals surface area (Å²) in [6, 6.07) is 16.1. The molecule has 3 rings (SSSR count). The van der Waals surface area contributed by atoms with Crippen molar-refractivity contribution in [3.8, 4) is 11.5 Å². The predicted molar refractivity (Wildman–Crippen MR) is 126 cm³/mol. The quantitative estimate of drug-likeness (QED) is 0.400. The van der Waals surface area contributed by atoms with E-state index < -0.39 is 22.0 Å². The van der Waals surface area contributed by atoms with Crippen molar-refractivity contribution in [2.24, 2.45) is 5.10 Å². The molecule has 2 N–H and O–H groups in total. The van der Waals surface area contributed by atoms with Crippen LogP contribution in [0.5, 0.6) is 11.5 Å². The molecule has 3 aromatic carbocycles. The topological polar surface area (TPSA) is 108 Å². The van der Waals surface area contributed by atoms with Crippen molar-refractivity contribution in [1.29, 1.82) is 0 Å². The van der Waals surface area contributed by atoms with Gasteiger partial charge in [0.25, 0.3) is 5.91 Å². The molecule has 8 nitrogen and oxygen atoms in total. The molecule has 0 heterocycles. The summed E-state index contributed by atoms with van der Waals surface area (Å²) in [5, 5.41) is 15.8. The average molecular weight is 456 g/mol. The third kappa shape index (κ3) is 5.17. The molecule has 1 amide bonds. The van der Waals surface area contributed by atoms with E-state index in [1.165, 1.54) is 13.1 Å². The van der Waals surface area contributed by atoms with Crippen molar-refractivity contribution in [2.75, 3.05) is 17.2 Å². The first-order chi connectivity index (χ1) is 15.2. The van der Waals surface area contributed by atoms with Gasteiger partial charge in [0.15, 0.2) is 0 Å². The second-order valence-electron chi connectivity index (χ2n) is 7.12. The number of phenols is 1. The number of nitrogens with zero attached hydrogens (tertiary/aromatic N) is 2. The number of hydrazone groups is 1. The summed E-state index contributed by atoms with van der Waals surface area (Å²) in [4.78, 5) is 12.7. The van der Waals surface area contributed by atoms with Gasteiger partial charge >= 0.3 is 0 Å². The van der Waals surface area contributed by atoms with Gasteiger partial charge in [-0.1, -0.05) is 30.3 Å². The summed E-state index contributed by atoms with van der Waals surface area (Å²) in [5.74, 6) is -0.0107. The number of fused-ring (bicyclic) bond motifs is 1. The molecule has 9 heteroatoms. The number of aromatic hydroxyl groups is 1. The van der Waals surface area contributed by atoms with E-state index in [4.69, 9.17) is 4.74 Å². The summed E-state index contributed by atoms with van der Waals surface area (Å²) in [5.41, 5.74) is 3.14. The molecular weight excluding hydrogens is 430 g/mol. The van der Waals surface area contributed by atoms with Gasteiger partial charge in [-0.25, -0.2) is 13.8 Å². The van der Waals surface area contributed by atoms with Crippen LogP contribution in [0.3, 0.4) is 0 Å². The molecule has 0 aliphatic rings. The Morgan fingerprint density at radius 3 is 2.50 bits per heavy atom. The van der Waals surface area contributed by atoms with Crippen molar-refractivity contribution in [3.63, 3.8) is 0 Å². The first-order valence-corrected chi connectivity index (χ1v) is 11.8. The first-order valence-electron chi connectivity index (χ1n) is 9.98. The van der Waals surface area contributed by atoms with Gasteiger partial charge in [-0.05, 0) is 55.0 Å². The van der Waals surface area contributed by atoms with Crippen molar-refractivity contribution >= 4 is 38.6 Å². The number of hydrogen-bond acceptors (Lipinski definition) is 6. The van der Waals surface area contributed by atoms with E-state index in [2.05, 4.69) is 10.5 Å². The number of carbonyl (C=O) groups excluding carboxylic acids is 1. The molecule has 0 radical (unpaired) electrons. The molecule has 32 heavy (non-hydrogen) atoms. The van der Waals surface area contributed by atoms with Crippen LogP contribution in [0.2, 0.25) is 0 Å². The number of hydrogen-bond donors (Lipinski definition) is 2. The lowest BCUT2D eigenvalue weighted by Gasteiger charge is -2.27. The summed E-state index contributed by atoms with van der Waals surface area (Å²) < 4.78 is 31.2. The molecule has 0 aliphatic carbocycles. The van der Waals surface area contributed by atoms with Crippen LogP contribution in [0.15, 0.2) is 65.8 Å². The molecule has 1 atom stereocenters. The molecule has 0 fully saturated rings. The fourth-order valence-corrected chi connectivity index (χ4v) is 4.51. The van der Waals surface area contributed by atoms with E-state index in [0.717, 1.165) is 21.3 Å². The number of nitrogens with one attached hydrogen (secondary N) is 1. The van der Waals surface area contributed by atoms with Gasteiger partial charge in [-0.15, -0.1) is 0 Å². The minimum absolute atomic E-state index is 0.0156. The lowest BCUT2D eigenvalue weighted by molar-refractivity contribution is -0.121. The molecule has 0 spiro atoms. The van der Waals surface area contributed by atoms with Crippen LogP contribution in [0, 0.1) is 0 Å². The van der Waals surface area contributed by atoms with E-state index in [1.807, 2.05) is 31.2 Å². The third-order valence-corrected chi connectivity index (χ3v) is 6.05. The Labute approximate surface area is 187 Å². The highest BCUT2D eigenvalue weighted by Crippen LogP contribution is 2.26. The summed E-state index contributed by atoms with van der Waals surface area (Å²) in [7, 11) is -3.76. The van der Waals surface area contributed by atoms with Crippen molar-refractivity contribution in [2.45, 2.75) is 19.9 Å². The number of carbonyl (C=O) groups is 1. The lowest BCUT2D eigenvalue weighted by Crippen LogP contribution is -2.46. The fraction of sp³-hybridized carbons (Fsp3) is 0.217. The summed E-state index contributed by atoms with van der Waals surface area (Å²) >= 11 is 0. The van der Waals surface area contributed by atoms with Crippen LogP contribution in [0.4, 0.5) is 5.69 Å². The van der Waals surface area contributed by atoms with Crippen LogP contribution in [0.25, 0.3) is 10.8 Å². The van der Waals surface area contributed by atoms with Gasteiger partial charge in [0, 0.05) is 5.56 Å². The van der Waals surface area contributed by atoms with E-state index in [-0.39, 0.29) is 5.75 Å². The number of rotatable bonds is 8. The van der Waals surface area contributed by atoms with E-state index >= 15 is 0 Å². The van der Waals surface area contributed by atoms with Crippen LogP contribution in [-0.4, -0.2) is 44.6 Å². The number of amides is 1. The van der Waals surface area contributed by atoms with E-state index in [1.54, 1.807) is 36.4 Å². The number of phenolic OH excluding ortho intramolecular Hbond substituents is 1. The van der Waals surface area contributed by atoms with E-state index in [0.29, 0.717) is 23.6 Å². The van der Waals surface area contributed by atoms with Crippen molar-refractivity contribution in [1.82, 2.24) is 5.43 Å². The predicted octanol–water partition coefficient (Wildman–Crippen LogP) is 3.25. The highest BCUT2D eigenvalue weighted by Gasteiger charge is 2.29. The standard InChI is InChI=1S/C23H25N3O5S/c1-4-31-19-12-10-18(11-13-19)26(32(3,29)30)16(2)23(28)25-24-15-21-20-8-6-5-7-17(20)9-14-22(21)27/h5-16,27H,4H2,1-3H3,(H,25,28)/b24-15-/t16-/m0/s1. The Balaban J connectivity index is 1.81. The zero-order valence-corrected chi connectivity index (χ0v) is 18.8. The summed E-state index contributed by atoms with van der Waals surface area (Å²) in [6.07, 6.45) is 2.37. The molecule has 0 saturated heterocycles. The zero-order chi connectivity index (χ0) is 23.3. The van der Waals surface area contributed by atoms with Gasteiger partial charge in [-0.3, -0.25) is 9.10 Å². The smallest absolute Gasteiger partial charge is 0.263 e. The van der Waals surface area contributed by atoms with Crippen LogP contribution < -0.4 is 14.5 Å². The molecule has 0 aromatic heterocycles. The second-order valence-corrected chi connectivity index (χ2v) is 8.97. The Bertz CT molecular complexity index is 1240. The molecule has 0 aliphatic heterocycles. The molecule has 0 saturated carbocycles. The Morgan fingerprint density at radius 2 is 1.84 bits per heavy atom. The van der Waals surface area contributed by atoms with Crippen molar-refractivity contribution in [3.05, 3.63) is 66.2 Å².